The summed E-state index contributed by atoms with van der Waals surface area (Å²) in [5, 5.41) is 0. The number of rotatable bonds is 4. The lowest BCUT2D eigenvalue weighted by atomic mass is 9.82. The zero-order valence-electron chi connectivity index (χ0n) is 9.90. The fourth-order valence-corrected chi connectivity index (χ4v) is 4.11. The molecule has 1 rings (SSSR count). The van der Waals surface area contributed by atoms with E-state index in [4.69, 9.17) is 5.73 Å². The van der Waals surface area contributed by atoms with Gasteiger partial charge in [-0.05, 0) is 24.8 Å². The van der Waals surface area contributed by atoms with Gasteiger partial charge in [-0.25, -0.2) is 21.6 Å². The van der Waals surface area contributed by atoms with E-state index in [0.29, 0.717) is 0 Å². The van der Waals surface area contributed by atoms with E-state index in [1.165, 1.54) is 4.72 Å². The number of hydrogen-bond acceptors (Lipinski definition) is 5. The van der Waals surface area contributed by atoms with E-state index in [0.717, 1.165) is 0 Å². The zero-order valence-corrected chi connectivity index (χ0v) is 11.5. The molecule has 1 fully saturated rings. The number of nitrogens with two attached hydrogens (primary N) is 1. The zero-order chi connectivity index (χ0) is 14.9. The van der Waals surface area contributed by atoms with Gasteiger partial charge in [-0.15, -0.1) is 0 Å². The fraction of sp³-hybridized carbons (Fsp3) is 1.00. The van der Waals surface area contributed by atoms with Crippen LogP contribution in [0.25, 0.3) is 0 Å². The van der Waals surface area contributed by atoms with Crippen LogP contribution in [-0.4, -0.2) is 46.9 Å². The first kappa shape index (κ1) is 16.7. The van der Waals surface area contributed by atoms with E-state index >= 15 is 0 Å². The molecular formula is C8H15F3N2O4S2. The predicted molar refractivity (Wildman–Crippen MR) is 62.4 cm³/mol. The predicted octanol–water partition coefficient (Wildman–Crippen LogP) is -0.421. The quantitative estimate of drug-likeness (QED) is 0.730. The number of alkyl halides is 3. The number of sulfone groups is 1. The second kappa shape index (κ2) is 5.19. The molecule has 3 N–H and O–H groups in total. The van der Waals surface area contributed by atoms with Crippen molar-refractivity contribution in [3.63, 3.8) is 0 Å². The summed E-state index contributed by atoms with van der Waals surface area (Å²) in [5.74, 6) is -0.393. The second-order valence-electron chi connectivity index (χ2n) is 4.63. The molecule has 0 aromatic carbocycles. The Balaban J connectivity index is 2.75. The molecule has 0 bridgehead atoms. The van der Waals surface area contributed by atoms with E-state index in [1.54, 1.807) is 0 Å². The Bertz CT molecular complexity index is 513. The molecule has 0 unspecified atom stereocenters. The molecule has 0 aliphatic carbocycles. The molecular weight excluding hydrogens is 309 g/mol. The van der Waals surface area contributed by atoms with Crippen molar-refractivity contribution in [2.75, 3.05) is 24.6 Å². The molecule has 19 heavy (non-hydrogen) atoms. The first-order valence-corrected chi connectivity index (χ1v) is 8.70. The van der Waals surface area contributed by atoms with Crippen molar-refractivity contribution in [3.8, 4) is 0 Å². The third-order valence-corrected chi connectivity index (χ3v) is 6.05. The number of nitrogens with one attached hydrogen (secondary N) is 1. The standard InChI is InChI=1S/C8H15F3N2O4S2/c9-8(10,11)19(16,17)13-6-7(5-12)1-3-18(14,15)4-2-7/h13H,1-6,12H2. The van der Waals surface area contributed by atoms with Crippen LogP contribution in [0.2, 0.25) is 0 Å². The molecule has 0 aromatic rings. The monoisotopic (exact) mass is 324 g/mol. The lowest BCUT2D eigenvalue weighted by molar-refractivity contribution is -0.0450. The number of sulfonamides is 1. The molecule has 0 aromatic heterocycles. The Hall–Kier alpha value is -0.390. The topological polar surface area (TPSA) is 106 Å². The number of halogens is 3. The van der Waals surface area contributed by atoms with E-state index < -0.39 is 37.3 Å². The Morgan fingerprint density at radius 1 is 1.21 bits per heavy atom. The van der Waals surface area contributed by atoms with E-state index in [9.17, 15) is 30.0 Å². The highest BCUT2D eigenvalue weighted by Crippen LogP contribution is 2.32. The van der Waals surface area contributed by atoms with E-state index in [2.05, 4.69) is 0 Å². The molecule has 1 aliphatic rings. The molecule has 0 spiro atoms. The largest absolute Gasteiger partial charge is 0.511 e. The normalized spacial score (nSPS) is 23.2. The minimum atomic E-state index is -5.43. The van der Waals surface area contributed by atoms with Gasteiger partial charge in [-0.1, -0.05) is 0 Å². The summed E-state index contributed by atoms with van der Waals surface area (Å²) in [4.78, 5) is 0. The van der Waals surface area contributed by atoms with Crippen molar-refractivity contribution < 1.29 is 30.0 Å². The lowest BCUT2D eigenvalue weighted by Crippen LogP contribution is -2.49. The maximum absolute atomic E-state index is 12.2. The summed E-state index contributed by atoms with van der Waals surface area (Å²) in [6, 6.07) is 0. The van der Waals surface area contributed by atoms with Gasteiger partial charge in [-0.2, -0.15) is 13.2 Å². The molecule has 1 saturated heterocycles. The summed E-state index contributed by atoms with van der Waals surface area (Å²) >= 11 is 0. The van der Waals surface area contributed by atoms with Crippen LogP contribution >= 0.6 is 0 Å². The number of hydrogen-bond donors (Lipinski definition) is 2. The van der Waals surface area contributed by atoms with Crippen LogP contribution in [0.15, 0.2) is 0 Å². The average molecular weight is 324 g/mol. The first-order valence-electron chi connectivity index (χ1n) is 5.40. The highest BCUT2D eigenvalue weighted by molar-refractivity contribution is 7.91. The Kier molecular flexibility index (Phi) is 4.55. The fourth-order valence-electron chi connectivity index (χ4n) is 1.75. The summed E-state index contributed by atoms with van der Waals surface area (Å²) in [5.41, 5.74) is -0.872. The molecule has 11 heteroatoms. The van der Waals surface area contributed by atoms with E-state index in [1.807, 2.05) is 0 Å². The third kappa shape index (κ3) is 4.04. The maximum Gasteiger partial charge on any atom is 0.511 e. The summed E-state index contributed by atoms with van der Waals surface area (Å²) in [6.45, 7) is -0.593. The molecule has 0 saturated carbocycles. The van der Waals surface area contributed by atoms with Gasteiger partial charge in [0, 0.05) is 6.54 Å². The van der Waals surface area contributed by atoms with Crippen molar-refractivity contribution in [1.82, 2.24) is 4.72 Å². The van der Waals surface area contributed by atoms with Gasteiger partial charge in [0.15, 0.2) is 0 Å². The van der Waals surface area contributed by atoms with Crippen LogP contribution in [0.5, 0.6) is 0 Å². The van der Waals surface area contributed by atoms with Crippen molar-refractivity contribution in [2.24, 2.45) is 11.1 Å². The molecule has 0 amide bonds. The molecule has 114 valence electrons. The Morgan fingerprint density at radius 2 is 1.68 bits per heavy atom. The van der Waals surface area contributed by atoms with Crippen LogP contribution in [-0.2, 0) is 19.9 Å². The SMILES string of the molecule is NCC1(CNS(=O)(=O)C(F)(F)F)CCS(=O)(=O)CC1. The lowest BCUT2D eigenvalue weighted by Gasteiger charge is -2.36. The van der Waals surface area contributed by atoms with Gasteiger partial charge < -0.3 is 5.73 Å². The maximum atomic E-state index is 12.2. The molecule has 1 aliphatic heterocycles. The summed E-state index contributed by atoms with van der Waals surface area (Å²) in [7, 11) is -8.63. The average Bonchev–Trinajstić information content (AvgIpc) is 2.27. The minimum Gasteiger partial charge on any atom is -0.330 e. The van der Waals surface area contributed by atoms with E-state index in [-0.39, 0.29) is 30.9 Å². The smallest absolute Gasteiger partial charge is 0.330 e. The Labute approximate surface area is 109 Å². The summed E-state index contributed by atoms with van der Waals surface area (Å²) < 4.78 is 82.2. The third-order valence-electron chi connectivity index (χ3n) is 3.26. The van der Waals surface area contributed by atoms with Crippen molar-refractivity contribution in [3.05, 3.63) is 0 Å². The van der Waals surface area contributed by atoms with Crippen LogP contribution in [0, 0.1) is 5.41 Å². The van der Waals surface area contributed by atoms with Crippen LogP contribution in [0.1, 0.15) is 12.8 Å². The van der Waals surface area contributed by atoms with Crippen molar-refractivity contribution in [1.29, 1.82) is 0 Å². The minimum absolute atomic E-state index is 0.0478. The van der Waals surface area contributed by atoms with Crippen LogP contribution in [0.3, 0.4) is 0 Å². The summed E-state index contributed by atoms with van der Waals surface area (Å²) in [6.07, 6.45) is 0.0957. The molecule has 0 radical (unpaired) electrons. The van der Waals surface area contributed by atoms with Gasteiger partial charge in [0.2, 0.25) is 0 Å². The van der Waals surface area contributed by atoms with Gasteiger partial charge in [0.1, 0.15) is 9.84 Å². The highest BCUT2D eigenvalue weighted by atomic mass is 32.2. The van der Waals surface area contributed by atoms with Crippen LogP contribution in [0.4, 0.5) is 13.2 Å². The van der Waals surface area contributed by atoms with Crippen molar-refractivity contribution >= 4 is 19.9 Å². The highest BCUT2D eigenvalue weighted by Gasteiger charge is 2.47. The van der Waals surface area contributed by atoms with Gasteiger partial charge in [-0.3, -0.25) is 0 Å². The Morgan fingerprint density at radius 3 is 2.05 bits per heavy atom. The van der Waals surface area contributed by atoms with Crippen molar-refractivity contribution in [2.45, 2.75) is 18.3 Å². The second-order valence-corrected chi connectivity index (χ2v) is 8.69. The molecule has 1 heterocycles. The molecule has 0 atom stereocenters. The van der Waals surface area contributed by atoms with Gasteiger partial charge in [0.05, 0.1) is 11.5 Å². The van der Waals surface area contributed by atoms with Crippen LogP contribution < -0.4 is 10.5 Å². The first-order chi connectivity index (χ1) is 8.43. The van der Waals surface area contributed by atoms with Gasteiger partial charge in [0.25, 0.3) is 0 Å². The van der Waals surface area contributed by atoms with Gasteiger partial charge >= 0.3 is 15.5 Å². The molecule has 6 nitrogen and oxygen atoms in total.